The number of ketones is 3. The second-order valence-electron chi connectivity index (χ2n) is 27.1. The van der Waals surface area contributed by atoms with Gasteiger partial charge < -0.3 is 32.6 Å². The van der Waals surface area contributed by atoms with Gasteiger partial charge in [0.1, 0.15) is 34.5 Å². The smallest absolute Gasteiger partial charge is 0.428 e. The number of hydrogen-bond donors (Lipinski definition) is 0. The number of benzene rings is 6. The summed E-state index contributed by atoms with van der Waals surface area (Å²) < 4.78 is 132. The zero-order chi connectivity index (χ0) is 76.7. The van der Waals surface area contributed by atoms with E-state index in [1.54, 1.807) is 0 Å². The van der Waals surface area contributed by atoms with Crippen LogP contribution in [0.3, 0.4) is 0 Å². The molecule has 26 heteroatoms. The third-order valence-electron chi connectivity index (χ3n) is 18.6. The zero-order valence-corrected chi connectivity index (χ0v) is 66.7. The van der Waals surface area contributed by atoms with Crippen LogP contribution in [-0.4, -0.2) is 177 Å². The molecule has 0 aromatic heterocycles. The molecule has 0 radical (unpaired) electrons. The molecular weight excluding hydrogens is 1480 g/mol. The SMILES string of the molecule is CC.CC(C)(C(=O)c1ccc(C2CCCCC2)cc1)[S+]1CCOCC1.CS(=O)(=O)[O-].CS(=O)(=O)[O-].O=C(C[S+]1CCOCC1)c1ccccc1.O=C(C[S+]1CCOCC1)c1ccccc1.O=C(OCC12CC3CC(CC(C3)C1)C2)C(F)(F)S(=O)(=O)[O-].c1ccc([S+](c2ccccc2)c2ccccc2)cc1. The van der Waals surface area contributed by atoms with E-state index in [4.69, 9.17) is 40.2 Å². The maximum absolute atomic E-state index is 13.1. The molecule has 3 aliphatic heterocycles. The Kier molecular flexibility index (Phi) is 36.9. The lowest BCUT2D eigenvalue weighted by molar-refractivity contribution is -0.172. The van der Waals surface area contributed by atoms with Gasteiger partial charge in [-0.1, -0.05) is 173 Å². The summed E-state index contributed by atoms with van der Waals surface area (Å²) in [5, 5.41) is -5.00. The molecule has 17 nitrogen and oxygen atoms in total. The first-order chi connectivity index (χ1) is 49.9. The van der Waals surface area contributed by atoms with Gasteiger partial charge in [-0.2, -0.15) is 8.78 Å². The van der Waals surface area contributed by atoms with Gasteiger partial charge >= 0.3 is 11.2 Å². The highest BCUT2D eigenvalue weighted by Crippen LogP contribution is 2.60. The molecule has 0 unspecified atom stereocenters. The van der Waals surface area contributed by atoms with Crippen LogP contribution in [0, 0.1) is 23.2 Å². The van der Waals surface area contributed by atoms with Crippen molar-refractivity contribution in [3.63, 3.8) is 0 Å². The van der Waals surface area contributed by atoms with E-state index < -0.39 is 41.6 Å². The van der Waals surface area contributed by atoms with Gasteiger partial charge in [0.2, 0.25) is 17.3 Å². The summed E-state index contributed by atoms with van der Waals surface area (Å²) in [6.45, 7) is 13.0. The van der Waals surface area contributed by atoms with Crippen molar-refractivity contribution < 1.29 is 85.8 Å². The number of alkyl halides is 2. The number of halogens is 2. The largest absolute Gasteiger partial charge is 0.748 e. The normalized spacial score (nSPS) is 20.5. The Hall–Kier alpha value is -5.33. The minimum absolute atomic E-state index is 0.0146. The monoisotopic (exact) mass is 1590 g/mol. The Morgan fingerprint density at radius 2 is 0.819 bits per heavy atom. The van der Waals surface area contributed by atoms with Crippen molar-refractivity contribution in [2.45, 2.75) is 129 Å². The molecule has 5 saturated carbocycles. The fourth-order valence-electron chi connectivity index (χ4n) is 14.0. The van der Waals surface area contributed by atoms with Crippen LogP contribution in [0.25, 0.3) is 0 Å². The van der Waals surface area contributed by atoms with Gasteiger partial charge in [-0.05, 0) is 131 Å². The van der Waals surface area contributed by atoms with Crippen molar-refractivity contribution in [2.75, 3.05) is 105 Å². The van der Waals surface area contributed by atoms with Crippen LogP contribution in [0.5, 0.6) is 0 Å². The molecule has 5 aliphatic carbocycles. The topological polar surface area (TPSA) is 277 Å². The standard InChI is InChI=1S/C20H29O2S.C18H15S.C13H18F2O5S.2C12H15O2S.C2H6.2CH4O3S/c1-20(2,23-14-12-22-13-15-23)19(21)18-10-8-17(9-11-18)16-6-4-3-5-7-16;1-4-10-16(11-5-1)19(17-12-6-2-7-13-17)18-14-8-3-9-15-18;14-13(15,21(17,18)19)11(16)20-7-12-4-8-1-9(5-12)3-10(2-8)6-12;2*13-12(11-4-2-1-3-5-11)10-15-8-6-14-7-9-15;1-2;2*1-5(2,3)4/h8-11,16H,3-7,12-15H2,1-2H3;1-15H;8-10H,1-7H2,(H,17,18,19);2*1-5H,6-10H2;1-2H3;2*1H3,(H,2,3,4)/q2*+1;;2*+1;;;/p-3. The number of hydrogen-bond acceptors (Lipinski definition) is 17. The molecule has 0 amide bonds. The highest BCUT2D eigenvalue weighted by Gasteiger charge is 2.54. The summed E-state index contributed by atoms with van der Waals surface area (Å²) >= 11 is 0. The Morgan fingerprint density at radius 1 is 0.495 bits per heavy atom. The van der Waals surface area contributed by atoms with Crippen LogP contribution in [0.2, 0.25) is 0 Å². The quantitative estimate of drug-likeness (QED) is 0.0355. The molecule has 14 rings (SSSR count). The van der Waals surface area contributed by atoms with Crippen molar-refractivity contribution in [3.8, 4) is 0 Å². The predicted molar refractivity (Wildman–Crippen MR) is 416 cm³/mol. The highest BCUT2D eigenvalue weighted by molar-refractivity contribution is 7.99. The average Bonchev–Trinajstić information content (AvgIpc) is 0.750. The minimum Gasteiger partial charge on any atom is -0.748 e. The second kappa shape index (κ2) is 43.8. The van der Waals surface area contributed by atoms with Gasteiger partial charge in [0.05, 0.1) is 77.4 Å². The van der Waals surface area contributed by atoms with Crippen molar-refractivity contribution in [1.29, 1.82) is 0 Å². The summed E-state index contributed by atoms with van der Waals surface area (Å²) in [6, 6.07) is 59.8. The van der Waals surface area contributed by atoms with Gasteiger partial charge in [-0.25, -0.2) is 30.0 Å². The molecule has 0 spiro atoms. The van der Waals surface area contributed by atoms with E-state index in [0.717, 1.165) is 129 Å². The average molecular weight is 1590 g/mol. The second-order valence-corrected chi connectivity index (χ2v) is 40.8. The zero-order valence-electron chi connectivity index (χ0n) is 61.0. The number of esters is 1. The number of Topliss-reactive ketones (excluding diaryl/α,β-unsaturated/α-hetero) is 3. The van der Waals surface area contributed by atoms with Crippen LogP contribution < -0.4 is 0 Å². The molecule has 576 valence electrons. The van der Waals surface area contributed by atoms with Crippen LogP contribution in [0.15, 0.2) is 191 Å². The Balaban J connectivity index is 0.000000199. The lowest BCUT2D eigenvalue weighted by Gasteiger charge is -2.56. The summed E-state index contributed by atoms with van der Waals surface area (Å²) in [4.78, 5) is 52.1. The van der Waals surface area contributed by atoms with Gasteiger partial charge in [0.15, 0.2) is 41.1 Å². The molecular formula is C79H103F2O17S7+. The molecule has 8 aliphatic rings. The first-order valence-electron chi connectivity index (χ1n) is 35.6. The summed E-state index contributed by atoms with van der Waals surface area (Å²) in [5.74, 6) is 8.66. The lowest BCUT2D eigenvalue weighted by Crippen LogP contribution is -2.49. The third-order valence-corrected chi connectivity index (χ3v) is 28.8. The molecule has 0 atom stereocenters. The molecule has 105 heavy (non-hydrogen) atoms. The van der Waals surface area contributed by atoms with Crippen molar-refractivity contribution in [1.82, 2.24) is 0 Å². The summed E-state index contributed by atoms with van der Waals surface area (Å²) in [5.41, 5.74) is 3.70. The molecule has 3 heterocycles. The Labute approximate surface area is 633 Å². The number of rotatable bonds is 17. The van der Waals surface area contributed by atoms with Crippen molar-refractivity contribution in [2.24, 2.45) is 23.2 Å². The Morgan fingerprint density at radius 3 is 1.15 bits per heavy atom. The predicted octanol–water partition coefficient (Wildman–Crippen LogP) is 13.4. The fourth-order valence-corrected chi connectivity index (χ4v) is 22.1. The molecule has 0 N–H and O–H groups in total. The number of carbonyl (C=O) groups is 4. The van der Waals surface area contributed by atoms with E-state index in [1.807, 2.05) is 74.5 Å². The van der Waals surface area contributed by atoms with E-state index in [-0.39, 0.29) is 71.9 Å². The minimum atomic E-state index is -6.04. The Bertz CT molecular complexity index is 3670. The van der Waals surface area contributed by atoms with Crippen LogP contribution >= 0.6 is 0 Å². The maximum atomic E-state index is 13.1. The highest BCUT2D eigenvalue weighted by atomic mass is 32.2. The van der Waals surface area contributed by atoms with E-state index in [9.17, 15) is 40.9 Å². The molecule has 6 aromatic carbocycles. The summed E-state index contributed by atoms with van der Waals surface area (Å²) in [7, 11) is -13.3. The van der Waals surface area contributed by atoms with E-state index in [1.165, 1.54) is 52.4 Å². The fraction of sp³-hybridized carbons (Fsp3) is 0.494. The molecule has 8 fully saturated rings. The molecule has 4 bridgehead atoms. The lowest BCUT2D eigenvalue weighted by atomic mass is 9.50. The van der Waals surface area contributed by atoms with Crippen molar-refractivity contribution in [3.05, 3.63) is 198 Å². The van der Waals surface area contributed by atoms with Gasteiger partial charge in [0, 0.05) is 67.3 Å². The first-order valence-corrected chi connectivity index (χ1v) is 46.9. The van der Waals surface area contributed by atoms with E-state index in [2.05, 4.69) is 134 Å². The molecule has 6 aromatic rings. The number of ether oxygens (including phenoxy) is 4. The maximum Gasteiger partial charge on any atom is 0.428 e. The van der Waals surface area contributed by atoms with Crippen molar-refractivity contribution >= 4 is 97.3 Å². The van der Waals surface area contributed by atoms with Crippen LogP contribution in [-0.2, 0) is 97.7 Å². The summed E-state index contributed by atoms with van der Waals surface area (Å²) in [6.07, 6.45) is 13.9. The number of carbonyl (C=O) groups excluding carboxylic acids is 4. The van der Waals surface area contributed by atoms with E-state index >= 15 is 0 Å². The van der Waals surface area contributed by atoms with Gasteiger partial charge in [-0.3, -0.25) is 14.4 Å². The van der Waals surface area contributed by atoms with Gasteiger partial charge in [-0.15, -0.1) is 0 Å². The molecule has 3 saturated heterocycles. The van der Waals surface area contributed by atoms with Crippen LogP contribution in [0.1, 0.15) is 141 Å². The first kappa shape index (κ1) is 88.6. The third kappa shape index (κ3) is 30.9. The van der Waals surface area contributed by atoms with Gasteiger partial charge in [0.25, 0.3) is 0 Å². The van der Waals surface area contributed by atoms with Crippen LogP contribution in [0.4, 0.5) is 8.78 Å². The van der Waals surface area contributed by atoms with E-state index in [0.29, 0.717) is 53.5 Å².